The number of hydrogen-bond acceptors (Lipinski definition) is 1. The summed E-state index contributed by atoms with van der Waals surface area (Å²) in [5.74, 6) is -3.94. The van der Waals surface area contributed by atoms with Crippen LogP contribution in [0, 0.1) is 23.3 Å². The lowest BCUT2D eigenvalue weighted by Gasteiger charge is -2.10. The topological polar surface area (TPSA) is 9.23 Å². The molecule has 0 amide bonds. The lowest BCUT2D eigenvalue weighted by Crippen LogP contribution is -1.98. The van der Waals surface area contributed by atoms with E-state index in [2.05, 4.69) is 0 Å². The Balaban J connectivity index is 2.43. The van der Waals surface area contributed by atoms with E-state index in [9.17, 15) is 17.6 Å². The molecule has 1 nitrogen and oxygen atoms in total. The van der Waals surface area contributed by atoms with Crippen LogP contribution in [0.15, 0.2) is 30.3 Å². The van der Waals surface area contributed by atoms with Gasteiger partial charge in [-0.25, -0.2) is 17.6 Å². The second-order valence-corrected chi connectivity index (χ2v) is 4.24. The maximum atomic E-state index is 13.9. The predicted molar refractivity (Wildman–Crippen MR) is 67.5 cm³/mol. The first-order valence-corrected chi connectivity index (χ1v) is 6.10. The quantitative estimate of drug-likeness (QED) is 0.739. The van der Waals surface area contributed by atoms with Crippen LogP contribution in [0.25, 0.3) is 11.1 Å². The number of hydrogen-bond donors (Lipinski definition) is 0. The predicted octanol–water partition coefficient (Wildman–Crippen LogP) is 4.70. The molecule has 0 aliphatic rings. The van der Waals surface area contributed by atoms with Crippen LogP contribution in [0.4, 0.5) is 17.6 Å². The van der Waals surface area contributed by atoms with Gasteiger partial charge >= 0.3 is 0 Å². The Bertz CT molecular complexity index is 602. The van der Waals surface area contributed by atoms with Crippen molar-refractivity contribution in [2.75, 3.05) is 6.61 Å². The molecular weight excluding hydrogens is 272 g/mol. The monoisotopic (exact) mass is 284 g/mol. The highest BCUT2D eigenvalue weighted by molar-refractivity contribution is 5.66. The maximum Gasteiger partial charge on any atom is 0.159 e. The van der Waals surface area contributed by atoms with E-state index in [-0.39, 0.29) is 11.3 Å². The Kier molecular flexibility index (Phi) is 4.27. The largest absolute Gasteiger partial charge is 0.493 e. The summed E-state index contributed by atoms with van der Waals surface area (Å²) in [4.78, 5) is 0. The first kappa shape index (κ1) is 14.4. The molecule has 0 fully saturated rings. The van der Waals surface area contributed by atoms with E-state index in [1.54, 1.807) is 0 Å². The van der Waals surface area contributed by atoms with Crippen LogP contribution in [-0.4, -0.2) is 6.61 Å². The third kappa shape index (κ3) is 2.92. The molecule has 5 heteroatoms. The average molecular weight is 284 g/mol. The highest BCUT2D eigenvalue weighted by Crippen LogP contribution is 2.30. The molecule has 0 bridgehead atoms. The van der Waals surface area contributed by atoms with Crippen molar-refractivity contribution in [3.63, 3.8) is 0 Å². The SMILES string of the molecule is CCCOc1cc(F)c(-c2ccc(F)c(F)c2)c(F)c1. The summed E-state index contributed by atoms with van der Waals surface area (Å²) in [6.45, 7) is 2.20. The van der Waals surface area contributed by atoms with Gasteiger partial charge in [-0.2, -0.15) is 0 Å². The third-order valence-corrected chi connectivity index (χ3v) is 2.70. The molecule has 106 valence electrons. The second-order valence-electron chi connectivity index (χ2n) is 4.24. The van der Waals surface area contributed by atoms with Gasteiger partial charge in [-0.3, -0.25) is 0 Å². The molecule has 0 aliphatic heterocycles. The summed E-state index contributed by atoms with van der Waals surface area (Å²) in [7, 11) is 0. The fourth-order valence-electron chi connectivity index (χ4n) is 1.78. The number of rotatable bonds is 4. The van der Waals surface area contributed by atoms with Crippen LogP contribution in [-0.2, 0) is 0 Å². The summed E-state index contributed by atoms with van der Waals surface area (Å²) in [6, 6.07) is 4.74. The van der Waals surface area contributed by atoms with Crippen molar-refractivity contribution in [2.45, 2.75) is 13.3 Å². The molecule has 0 heterocycles. The van der Waals surface area contributed by atoms with Gasteiger partial charge in [0.2, 0.25) is 0 Å². The summed E-state index contributed by atoms with van der Waals surface area (Å²) in [6.07, 6.45) is 0.703. The van der Waals surface area contributed by atoms with Crippen molar-refractivity contribution in [3.8, 4) is 16.9 Å². The molecule has 0 aromatic heterocycles. The molecule has 0 aliphatic carbocycles. The molecule has 0 atom stereocenters. The highest BCUT2D eigenvalue weighted by atomic mass is 19.2. The van der Waals surface area contributed by atoms with Gasteiger partial charge < -0.3 is 4.74 Å². The zero-order chi connectivity index (χ0) is 14.7. The number of ether oxygens (including phenoxy) is 1. The molecule has 0 saturated carbocycles. The van der Waals surface area contributed by atoms with Crippen molar-refractivity contribution in [1.29, 1.82) is 0 Å². The smallest absolute Gasteiger partial charge is 0.159 e. The van der Waals surface area contributed by atoms with E-state index < -0.39 is 28.8 Å². The number of benzene rings is 2. The summed E-state index contributed by atoms with van der Waals surface area (Å²) >= 11 is 0. The van der Waals surface area contributed by atoms with E-state index >= 15 is 0 Å². The van der Waals surface area contributed by atoms with E-state index in [1.807, 2.05) is 6.92 Å². The van der Waals surface area contributed by atoms with Gasteiger partial charge in [0.15, 0.2) is 11.6 Å². The fourth-order valence-corrected chi connectivity index (χ4v) is 1.78. The molecule has 2 aromatic rings. The first-order chi connectivity index (χ1) is 9.52. The fraction of sp³-hybridized carbons (Fsp3) is 0.200. The molecule has 0 radical (unpaired) electrons. The van der Waals surface area contributed by atoms with E-state index in [1.165, 1.54) is 0 Å². The van der Waals surface area contributed by atoms with Crippen LogP contribution in [0.5, 0.6) is 5.75 Å². The molecule has 2 aromatic carbocycles. The molecule has 20 heavy (non-hydrogen) atoms. The lowest BCUT2D eigenvalue weighted by atomic mass is 10.0. The third-order valence-electron chi connectivity index (χ3n) is 2.70. The van der Waals surface area contributed by atoms with Crippen LogP contribution < -0.4 is 4.74 Å². The Morgan fingerprint density at radius 1 is 0.850 bits per heavy atom. The van der Waals surface area contributed by atoms with Crippen molar-refractivity contribution in [3.05, 3.63) is 53.6 Å². The Morgan fingerprint density at radius 2 is 1.50 bits per heavy atom. The standard InChI is InChI=1S/C15H12F4O/c1-2-5-20-10-7-13(18)15(14(19)8-10)9-3-4-11(16)12(17)6-9/h3-4,6-8H,2,5H2,1H3. The van der Waals surface area contributed by atoms with Gasteiger partial charge in [0.05, 0.1) is 12.2 Å². The van der Waals surface area contributed by atoms with Crippen molar-refractivity contribution in [2.24, 2.45) is 0 Å². The molecule has 0 N–H and O–H groups in total. The summed E-state index contributed by atoms with van der Waals surface area (Å²) in [5.41, 5.74) is -0.478. The zero-order valence-corrected chi connectivity index (χ0v) is 10.7. The van der Waals surface area contributed by atoms with Crippen molar-refractivity contribution < 1.29 is 22.3 Å². The van der Waals surface area contributed by atoms with Crippen molar-refractivity contribution in [1.82, 2.24) is 0 Å². The van der Waals surface area contributed by atoms with Gasteiger partial charge in [0, 0.05) is 12.1 Å². The molecule has 0 unspecified atom stereocenters. The number of halogens is 4. The van der Waals surface area contributed by atoms with Gasteiger partial charge in [-0.1, -0.05) is 13.0 Å². The van der Waals surface area contributed by atoms with Gasteiger partial charge in [-0.05, 0) is 24.1 Å². The van der Waals surface area contributed by atoms with E-state index in [0.717, 1.165) is 30.3 Å². The maximum absolute atomic E-state index is 13.9. The zero-order valence-electron chi connectivity index (χ0n) is 10.7. The molecular formula is C15H12F4O. The van der Waals surface area contributed by atoms with Crippen LogP contribution in [0.3, 0.4) is 0 Å². The highest BCUT2D eigenvalue weighted by Gasteiger charge is 2.15. The van der Waals surface area contributed by atoms with Crippen LogP contribution >= 0.6 is 0 Å². The summed E-state index contributed by atoms with van der Waals surface area (Å²) < 4.78 is 58.9. The van der Waals surface area contributed by atoms with Gasteiger partial charge in [-0.15, -0.1) is 0 Å². The van der Waals surface area contributed by atoms with Gasteiger partial charge in [0.25, 0.3) is 0 Å². The van der Waals surface area contributed by atoms with E-state index in [0.29, 0.717) is 13.0 Å². The van der Waals surface area contributed by atoms with Crippen molar-refractivity contribution >= 4 is 0 Å². The minimum Gasteiger partial charge on any atom is -0.493 e. The average Bonchev–Trinajstić information content (AvgIpc) is 2.39. The summed E-state index contributed by atoms with van der Waals surface area (Å²) in [5, 5.41) is 0. The lowest BCUT2D eigenvalue weighted by molar-refractivity contribution is 0.314. The first-order valence-electron chi connectivity index (χ1n) is 6.10. The Morgan fingerprint density at radius 3 is 2.05 bits per heavy atom. The second kappa shape index (κ2) is 5.94. The van der Waals surface area contributed by atoms with Gasteiger partial charge in [0.1, 0.15) is 17.4 Å². The Labute approximate surface area is 113 Å². The Hall–Kier alpha value is -2.04. The minimum absolute atomic E-state index is 0.0631. The van der Waals surface area contributed by atoms with Crippen LogP contribution in [0.1, 0.15) is 13.3 Å². The normalized spacial score (nSPS) is 10.7. The van der Waals surface area contributed by atoms with Crippen LogP contribution in [0.2, 0.25) is 0 Å². The molecule has 0 spiro atoms. The minimum atomic E-state index is -1.16. The van der Waals surface area contributed by atoms with E-state index in [4.69, 9.17) is 4.74 Å². The molecule has 2 rings (SSSR count). The molecule has 0 saturated heterocycles.